The molecule has 3 aromatic rings. The average Bonchev–Trinajstić information content (AvgIpc) is 2.87. The lowest BCUT2D eigenvalue weighted by molar-refractivity contribution is -0.112. The van der Waals surface area contributed by atoms with Gasteiger partial charge in [0.1, 0.15) is 18.2 Å². The van der Waals surface area contributed by atoms with Crippen molar-refractivity contribution in [1.82, 2.24) is 0 Å². The van der Waals surface area contributed by atoms with Crippen molar-refractivity contribution < 1.29 is 23.8 Å². The van der Waals surface area contributed by atoms with Crippen LogP contribution in [0.3, 0.4) is 0 Å². The van der Waals surface area contributed by atoms with Gasteiger partial charge in [-0.25, -0.2) is 4.79 Å². The zero-order chi connectivity index (χ0) is 24.5. The van der Waals surface area contributed by atoms with Crippen LogP contribution in [-0.2, 0) is 16.1 Å². The number of rotatable bonds is 8. The first kappa shape index (κ1) is 24.4. The van der Waals surface area contributed by atoms with Crippen molar-refractivity contribution in [1.29, 1.82) is 5.26 Å². The molecule has 0 aromatic heterocycles. The number of nitrogens with zero attached hydrogens (tertiary/aromatic N) is 1. The fourth-order valence-corrected chi connectivity index (χ4v) is 3.08. The largest absolute Gasteiger partial charge is 0.493 e. The van der Waals surface area contributed by atoms with E-state index < -0.39 is 11.9 Å². The van der Waals surface area contributed by atoms with E-state index >= 15 is 0 Å². The highest BCUT2D eigenvalue weighted by molar-refractivity contribution is 6.30. The number of nitriles is 1. The zero-order valence-corrected chi connectivity index (χ0v) is 19.3. The number of amides is 1. The molecule has 0 bridgehead atoms. The lowest BCUT2D eigenvalue weighted by Gasteiger charge is -2.12. The van der Waals surface area contributed by atoms with Crippen LogP contribution in [-0.4, -0.2) is 26.1 Å². The van der Waals surface area contributed by atoms with Crippen LogP contribution in [0.5, 0.6) is 11.5 Å². The van der Waals surface area contributed by atoms with E-state index in [1.807, 2.05) is 18.2 Å². The Balaban J connectivity index is 1.71. The molecule has 0 aliphatic heterocycles. The molecule has 172 valence electrons. The first-order valence-electron chi connectivity index (χ1n) is 10.1. The Morgan fingerprint density at radius 2 is 1.71 bits per heavy atom. The summed E-state index contributed by atoms with van der Waals surface area (Å²) in [6, 6.07) is 20.4. The number of carbonyl (C=O) groups is 2. The third-order valence-corrected chi connectivity index (χ3v) is 4.99. The van der Waals surface area contributed by atoms with Crippen LogP contribution in [0.25, 0.3) is 6.08 Å². The minimum absolute atomic E-state index is 0.103. The summed E-state index contributed by atoms with van der Waals surface area (Å²) in [6.07, 6.45) is 1.45. The fraction of sp³-hybridized carbons (Fsp3) is 0.115. The molecule has 1 N–H and O–H groups in total. The second-order valence-corrected chi connectivity index (χ2v) is 7.45. The molecule has 8 heteroatoms. The molecule has 0 atom stereocenters. The van der Waals surface area contributed by atoms with Crippen LogP contribution in [0, 0.1) is 11.3 Å². The molecule has 0 unspecified atom stereocenters. The lowest BCUT2D eigenvalue weighted by Crippen LogP contribution is -2.13. The van der Waals surface area contributed by atoms with Gasteiger partial charge >= 0.3 is 5.97 Å². The molecule has 0 heterocycles. The number of ether oxygens (including phenoxy) is 3. The van der Waals surface area contributed by atoms with Crippen LogP contribution in [0.1, 0.15) is 21.5 Å². The standard InChI is InChI=1S/C26H21ClN2O5/c1-32-24-14-18(5-12-23(24)34-16-17-3-8-21(27)9-4-17)13-20(15-28)25(30)29-22-10-6-19(7-11-22)26(31)33-2/h3-14H,16H2,1-2H3,(H,29,30)/b20-13+. The van der Waals surface area contributed by atoms with Gasteiger partial charge in [0.15, 0.2) is 11.5 Å². The van der Waals surface area contributed by atoms with Crippen molar-refractivity contribution in [2.24, 2.45) is 0 Å². The maximum absolute atomic E-state index is 12.6. The summed E-state index contributed by atoms with van der Waals surface area (Å²) in [5.74, 6) is -0.0950. The quantitative estimate of drug-likeness (QED) is 0.270. The highest BCUT2D eigenvalue weighted by Crippen LogP contribution is 2.30. The minimum atomic E-state index is -0.588. The average molecular weight is 477 g/mol. The molecule has 0 saturated heterocycles. The van der Waals surface area contributed by atoms with Crippen molar-refractivity contribution in [3.05, 3.63) is 94.0 Å². The highest BCUT2D eigenvalue weighted by atomic mass is 35.5. The van der Waals surface area contributed by atoms with Crippen molar-refractivity contribution >= 4 is 35.2 Å². The summed E-state index contributed by atoms with van der Waals surface area (Å²) in [4.78, 5) is 24.1. The lowest BCUT2D eigenvalue weighted by atomic mass is 10.1. The summed E-state index contributed by atoms with van der Waals surface area (Å²) in [5, 5.41) is 12.8. The second-order valence-electron chi connectivity index (χ2n) is 7.02. The predicted molar refractivity (Wildman–Crippen MR) is 129 cm³/mol. The monoisotopic (exact) mass is 476 g/mol. The number of methoxy groups -OCH3 is 2. The molecular formula is C26H21ClN2O5. The SMILES string of the molecule is COC(=O)c1ccc(NC(=O)/C(C#N)=C/c2ccc(OCc3ccc(Cl)cc3)c(OC)c2)cc1. The molecule has 0 aliphatic rings. The van der Waals surface area contributed by atoms with Gasteiger partial charge in [0.25, 0.3) is 5.91 Å². The normalized spacial score (nSPS) is 10.7. The maximum Gasteiger partial charge on any atom is 0.337 e. The second kappa shape index (κ2) is 11.5. The molecule has 0 fully saturated rings. The van der Waals surface area contributed by atoms with Crippen molar-refractivity contribution in [2.45, 2.75) is 6.61 Å². The van der Waals surface area contributed by atoms with Gasteiger partial charge in [-0.1, -0.05) is 29.8 Å². The highest BCUT2D eigenvalue weighted by Gasteiger charge is 2.12. The van der Waals surface area contributed by atoms with E-state index in [4.69, 9.17) is 21.1 Å². The molecule has 0 radical (unpaired) electrons. The topological polar surface area (TPSA) is 97.7 Å². The molecule has 7 nitrogen and oxygen atoms in total. The number of benzene rings is 3. The van der Waals surface area contributed by atoms with Crippen LogP contribution >= 0.6 is 11.6 Å². The van der Waals surface area contributed by atoms with E-state index in [2.05, 4.69) is 10.1 Å². The van der Waals surface area contributed by atoms with Gasteiger partial charge in [-0.2, -0.15) is 5.26 Å². The van der Waals surface area contributed by atoms with Gasteiger partial charge in [0, 0.05) is 10.7 Å². The zero-order valence-electron chi connectivity index (χ0n) is 18.5. The van der Waals surface area contributed by atoms with E-state index in [1.54, 1.807) is 42.5 Å². The summed E-state index contributed by atoms with van der Waals surface area (Å²) in [5.41, 5.74) is 2.21. The maximum atomic E-state index is 12.6. The minimum Gasteiger partial charge on any atom is -0.493 e. The number of esters is 1. The number of carbonyl (C=O) groups excluding carboxylic acids is 2. The smallest absolute Gasteiger partial charge is 0.337 e. The molecule has 3 rings (SSSR count). The summed E-state index contributed by atoms with van der Waals surface area (Å²) in [6.45, 7) is 0.323. The summed E-state index contributed by atoms with van der Waals surface area (Å²) in [7, 11) is 2.79. The number of hydrogen-bond acceptors (Lipinski definition) is 6. The van der Waals surface area contributed by atoms with Gasteiger partial charge < -0.3 is 19.5 Å². The Labute approximate surface area is 202 Å². The number of halogens is 1. The molecule has 0 saturated carbocycles. The van der Waals surface area contributed by atoms with E-state index in [0.29, 0.717) is 39.9 Å². The van der Waals surface area contributed by atoms with Crippen LogP contribution in [0.4, 0.5) is 5.69 Å². The van der Waals surface area contributed by atoms with Gasteiger partial charge in [0.05, 0.1) is 19.8 Å². The Bertz CT molecular complexity index is 1250. The van der Waals surface area contributed by atoms with Crippen molar-refractivity contribution in [3.63, 3.8) is 0 Å². The molecule has 0 spiro atoms. The Morgan fingerprint density at radius 1 is 1.00 bits per heavy atom. The van der Waals surface area contributed by atoms with Crippen LogP contribution in [0.2, 0.25) is 5.02 Å². The molecular weight excluding hydrogens is 456 g/mol. The van der Waals surface area contributed by atoms with Gasteiger partial charge in [-0.15, -0.1) is 0 Å². The van der Waals surface area contributed by atoms with Gasteiger partial charge in [0.2, 0.25) is 0 Å². The fourth-order valence-electron chi connectivity index (χ4n) is 2.96. The van der Waals surface area contributed by atoms with E-state index in [9.17, 15) is 14.9 Å². The molecule has 34 heavy (non-hydrogen) atoms. The third-order valence-electron chi connectivity index (χ3n) is 4.74. The summed E-state index contributed by atoms with van der Waals surface area (Å²) >= 11 is 5.90. The summed E-state index contributed by atoms with van der Waals surface area (Å²) < 4.78 is 15.9. The number of nitrogens with one attached hydrogen (secondary N) is 1. The Kier molecular flexibility index (Phi) is 8.27. The third kappa shape index (κ3) is 6.37. The predicted octanol–water partition coefficient (Wildman–Crippen LogP) is 5.26. The molecule has 1 amide bonds. The van der Waals surface area contributed by atoms with E-state index in [-0.39, 0.29) is 5.57 Å². The Hall–Kier alpha value is -4.28. The molecule has 0 aliphatic carbocycles. The van der Waals surface area contributed by atoms with Crippen molar-refractivity contribution in [2.75, 3.05) is 19.5 Å². The van der Waals surface area contributed by atoms with E-state index in [0.717, 1.165) is 5.56 Å². The number of anilines is 1. The molecule has 3 aromatic carbocycles. The van der Waals surface area contributed by atoms with Crippen LogP contribution in [0.15, 0.2) is 72.3 Å². The van der Waals surface area contributed by atoms with Gasteiger partial charge in [-0.3, -0.25) is 4.79 Å². The Morgan fingerprint density at radius 3 is 2.32 bits per heavy atom. The number of hydrogen-bond donors (Lipinski definition) is 1. The van der Waals surface area contributed by atoms with Crippen molar-refractivity contribution in [3.8, 4) is 17.6 Å². The van der Waals surface area contributed by atoms with Crippen LogP contribution < -0.4 is 14.8 Å². The van der Waals surface area contributed by atoms with Gasteiger partial charge in [-0.05, 0) is 65.7 Å². The van der Waals surface area contributed by atoms with E-state index in [1.165, 1.54) is 32.4 Å². The first-order chi connectivity index (χ1) is 16.4. The first-order valence-corrected chi connectivity index (χ1v) is 10.5.